The van der Waals surface area contributed by atoms with Crippen LogP contribution in [0.5, 0.6) is 0 Å². The Morgan fingerprint density at radius 3 is 2.29 bits per heavy atom. The number of benzene rings is 1. The van der Waals surface area contributed by atoms with Crippen molar-refractivity contribution in [3.63, 3.8) is 0 Å². The number of nitrogens with one attached hydrogen (secondary N) is 1. The van der Waals surface area contributed by atoms with Crippen LogP contribution in [-0.2, 0) is 0 Å². The molecule has 1 aliphatic carbocycles. The fourth-order valence-electron chi connectivity index (χ4n) is 3.55. The van der Waals surface area contributed by atoms with E-state index in [9.17, 15) is 4.79 Å². The Labute approximate surface area is 131 Å². The van der Waals surface area contributed by atoms with Gasteiger partial charge in [0.05, 0.1) is 0 Å². The van der Waals surface area contributed by atoms with Gasteiger partial charge in [-0.1, -0.05) is 24.4 Å². The largest absolute Gasteiger partial charge is 0.349 e. The smallest absolute Gasteiger partial charge is 0.251 e. The van der Waals surface area contributed by atoms with Crippen LogP contribution in [0.15, 0.2) is 24.3 Å². The van der Waals surface area contributed by atoms with Crippen LogP contribution in [-0.4, -0.2) is 36.0 Å². The number of hydrogen-bond acceptors (Lipinski definition) is 2. The van der Waals surface area contributed by atoms with Crippen molar-refractivity contribution in [2.75, 3.05) is 13.1 Å². The molecule has 1 aromatic carbocycles. The molecule has 0 bridgehead atoms. The summed E-state index contributed by atoms with van der Waals surface area (Å²) in [5.74, 6) is 0.0194. The molecule has 3 nitrogen and oxygen atoms in total. The van der Waals surface area contributed by atoms with Gasteiger partial charge in [0, 0.05) is 35.8 Å². The fourth-order valence-corrected chi connectivity index (χ4v) is 3.67. The molecule has 1 N–H and O–H groups in total. The second-order valence-electron chi connectivity index (χ2n) is 6.23. The van der Waals surface area contributed by atoms with Gasteiger partial charge in [-0.05, 0) is 49.9 Å². The van der Waals surface area contributed by atoms with Crippen LogP contribution in [0.3, 0.4) is 0 Å². The van der Waals surface area contributed by atoms with Gasteiger partial charge in [0.15, 0.2) is 0 Å². The number of amides is 1. The summed E-state index contributed by atoms with van der Waals surface area (Å²) in [6.45, 7) is 2.24. The lowest BCUT2D eigenvalue weighted by molar-refractivity contribution is 0.0892. The number of halogens is 1. The van der Waals surface area contributed by atoms with E-state index in [2.05, 4.69) is 10.2 Å². The number of likely N-dealkylation sites (tertiary alicyclic amines) is 1. The van der Waals surface area contributed by atoms with E-state index in [4.69, 9.17) is 11.6 Å². The van der Waals surface area contributed by atoms with Crippen molar-refractivity contribution < 1.29 is 4.79 Å². The number of carbonyl (C=O) groups is 1. The molecule has 0 unspecified atom stereocenters. The van der Waals surface area contributed by atoms with Crippen LogP contribution in [0, 0.1) is 0 Å². The maximum atomic E-state index is 12.2. The number of nitrogens with zero attached hydrogens (tertiary/aromatic N) is 1. The number of carbonyl (C=O) groups excluding carboxylic acids is 1. The van der Waals surface area contributed by atoms with Crippen molar-refractivity contribution >= 4 is 17.5 Å². The third kappa shape index (κ3) is 3.78. The summed E-state index contributed by atoms with van der Waals surface area (Å²) < 4.78 is 0. The Morgan fingerprint density at radius 1 is 1.05 bits per heavy atom. The number of rotatable bonds is 3. The van der Waals surface area contributed by atoms with Crippen LogP contribution in [0.2, 0.25) is 5.02 Å². The normalized spacial score (nSPS) is 21.6. The first kappa shape index (κ1) is 14.9. The SMILES string of the molecule is O=C(NC1CCN(C2CCCC2)CC1)c1ccc(Cl)cc1. The minimum Gasteiger partial charge on any atom is -0.349 e. The van der Waals surface area contributed by atoms with E-state index >= 15 is 0 Å². The van der Waals surface area contributed by atoms with E-state index in [0.717, 1.165) is 32.0 Å². The molecule has 1 aliphatic heterocycles. The molecule has 0 radical (unpaired) electrons. The van der Waals surface area contributed by atoms with Crippen molar-refractivity contribution in [2.45, 2.75) is 50.6 Å². The van der Waals surface area contributed by atoms with Gasteiger partial charge in [-0.25, -0.2) is 0 Å². The summed E-state index contributed by atoms with van der Waals surface area (Å²) in [6.07, 6.45) is 7.63. The van der Waals surface area contributed by atoms with Crippen LogP contribution in [0.25, 0.3) is 0 Å². The van der Waals surface area contributed by atoms with E-state index in [1.807, 2.05) is 0 Å². The Bertz CT molecular complexity index is 474. The quantitative estimate of drug-likeness (QED) is 0.927. The second-order valence-corrected chi connectivity index (χ2v) is 6.67. The molecule has 3 rings (SSSR count). The zero-order valence-electron chi connectivity index (χ0n) is 12.4. The molecule has 1 aromatic rings. The number of piperidine rings is 1. The monoisotopic (exact) mass is 306 g/mol. The summed E-state index contributed by atoms with van der Waals surface area (Å²) in [6, 6.07) is 8.21. The lowest BCUT2D eigenvalue weighted by Gasteiger charge is -2.36. The standard InChI is InChI=1S/C17H23ClN2O/c18-14-7-5-13(6-8-14)17(21)19-15-9-11-20(12-10-15)16-3-1-2-4-16/h5-8,15-16H,1-4,9-12H2,(H,19,21). The molecule has 4 heteroatoms. The predicted octanol–water partition coefficient (Wildman–Crippen LogP) is 3.48. The van der Waals surface area contributed by atoms with Gasteiger partial charge >= 0.3 is 0 Å². The molecule has 114 valence electrons. The molecule has 1 amide bonds. The van der Waals surface area contributed by atoms with Gasteiger partial charge in [-0.3, -0.25) is 4.79 Å². The topological polar surface area (TPSA) is 32.3 Å². The average molecular weight is 307 g/mol. The lowest BCUT2D eigenvalue weighted by atomic mass is 10.0. The zero-order chi connectivity index (χ0) is 14.7. The minimum atomic E-state index is 0.0194. The van der Waals surface area contributed by atoms with Gasteiger partial charge in [0.25, 0.3) is 5.91 Å². The summed E-state index contributed by atoms with van der Waals surface area (Å²) in [4.78, 5) is 14.8. The number of hydrogen-bond donors (Lipinski definition) is 1. The minimum absolute atomic E-state index is 0.0194. The Balaban J connectivity index is 1.48. The van der Waals surface area contributed by atoms with Crippen molar-refractivity contribution in [3.8, 4) is 0 Å². The molecule has 2 aliphatic rings. The van der Waals surface area contributed by atoms with E-state index in [1.54, 1.807) is 24.3 Å². The third-order valence-corrected chi connectivity index (χ3v) is 5.06. The molecule has 0 spiro atoms. The van der Waals surface area contributed by atoms with E-state index < -0.39 is 0 Å². The van der Waals surface area contributed by atoms with Crippen LogP contribution >= 0.6 is 11.6 Å². The van der Waals surface area contributed by atoms with E-state index in [-0.39, 0.29) is 5.91 Å². The maximum Gasteiger partial charge on any atom is 0.251 e. The van der Waals surface area contributed by atoms with Gasteiger partial charge in [-0.2, -0.15) is 0 Å². The molecule has 1 saturated carbocycles. The molecule has 1 saturated heterocycles. The first-order valence-electron chi connectivity index (χ1n) is 8.03. The third-order valence-electron chi connectivity index (χ3n) is 4.81. The fraction of sp³-hybridized carbons (Fsp3) is 0.588. The van der Waals surface area contributed by atoms with E-state index in [0.29, 0.717) is 16.6 Å². The highest BCUT2D eigenvalue weighted by Crippen LogP contribution is 2.26. The highest BCUT2D eigenvalue weighted by Gasteiger charge is 2.27. The average Bonchev–Trinajstić information content (AvgIpc) is 3.03. The summed E-state index contributed by atoms with van der Waals surface area (Å²) in [5, 5.41) is 3.82. The Kier molecular flexibility index (Phi) is 4.81. The first-order chi connectivity index (χ1) is 10.2. The maximum absolute atomic E-state index is 12.2. The Hall–Kier alpha value is -1.06. The van der Waals surface area contributed by atoms with E-state index in [1.165, 1.54) is 25.7 Å². The van der Waals surface area contributed by atoms with Crippen molar-refractivity contribution in [1.82, 2.24) is 10.2 Å². The molecular weight excluding hydrogens is 284 g/mol. The summed E-state index contributed by atoms with van der Waals surface area (Å²) >= 11 is 5.85. The predicted molar refractivity (Wildman–Crippen MR) is 85.8 cm³/mol. The lowest BCUT2D eigenvalue weighted by Crippen LogP contribution is -2.47. The van der Waals surface area contributed by atoms with Gasteiger partial charge in [0.2, 0.25) is 0 Å². The van der Waals surface area contributed by atoms with Crippen molar-refractivity contribution in [2.24, 2.45) is 0 Å². The zero-order valence-corrected chi connectivity index (χ0v) is 13.1. The van der Waals surface area contributed by atoms with Crippen LogP contribution < -0.4 is 5.32 Å². The first-order valence-corrected chi connectivity index (χ1v) is 8.40. The molecule has 2 fully saturated rings. The highest BCUT2D eigenvalue weighted by atomic mass is 35.5. The van der Waals surface area contributed by atoms with Gasteiger partial charge in [-0.15, -0.1) is 0 Å². The summed E-state index contributed by atoms with van der Waals surface area (Å²) in [7, 11) is 0. The Morgan fingerprint density at radius 2 is 1.67 bits per heavy atom. The van der Waals surface area contributed by atoms with Crippen molar-refractivity contribution in [3.05, 3.63) is 34.9 Å². The van der Waals surface area contributed by atoms with Crippen LogP contribution in [0.1, 0.15) is 48.9 Å². The molecule has 0 aromatic heterocycles. The van der Waals surface area contributed by atoms with Gasteiger partial charge in [0.1, 0.15) is 0 Å². The second kappa shape index (κ2) is 6.80. The highest BCUT2D eigenvalue weighted by molar-refractivity contribution is 6.30. The molecule has 0 atom stereocenters. The van der Waals surface area contributed by atoms with Gasteiger partial charge < -0.3 is 10.2 Å². The molecule has 1 heterocycles. The van der Waals surface area contributed by atoms with Crippen LogP contribution in [0.4, 0.5) is 0 Å². The summed E-state index contributed by atoms with van der Waals surface area (Å²) in [5.41, 5.74) is 0.692. The molecular formula is C17H23ClN2O. The molecule has 21 heavy (non-hydrogen) atoms. The van der Waals surface area contributed by atoms with Crippen molar-refractivity contribution in [1.29, 1.82) is 0 Å².